The third-order valence-corrected chi connectivity index (χ3v) is 3.25. The SMILES string of the molecule is Cl.N.N#N.O=C(Nc1cc[n+](Cc2ccccc2)cc1)c1ccccn1.[N-]=[N+]=N. The van der Waals surface area contributed by atoms with Gasteiger partial charge in [-0.3, -0.25) is 9.78 Å². The van der Waals surface area contributed by atoms with Gasteiger partial charge in [0, 0.05) is 34.7 Å². The van der Waals surface area contributed by atoms with Gasteiger partial charge in [-0.25, -0.2) is 4.57 Å². The highest BCUT2D eigenvalue weighted by molar-refractivity contribution is 6.02. The second kappa shape index (κ2) is 16.2. The minimum absolute atomic E-state index is 0. The maximum absolute atomic E-state index is 12.0. The zero-order valence-electron chi connectivity index (χ0n) is 15.4. The molecule has 0 fully saturated rings. The van der Waals surface area contributed by atoms with Crippen LogP contribution in [0.1, 0.15) is 16.1 Å². The molecule has 0 atom stereocenters. The highest BCUT2D eigenvalue weighted by atomic mass is 35.5. The molecule has 5 N–H and O–H groups in total. The lowest BCUT2D eigenvalue weighted by atomic mass is 10.2. The van der Waals surface area contributed by atoms with Crippen LogP contribution in [0.2, 0.25) is 0 Å². The molecule has 0 unspecified atom stereocenters. The molecule has 10 nitrogen and oxygen atoms in total. The van der Waals surface area contributed by atoms with Crippen molar-refractivity contribution in [2.24, 2.45) is 0 Å². The van der Waals surface area contributed by atoms with Crippen LogP contribution in [0.4, 0.5) is 5.69 Å². The normalized spacial score (nSPS) is 8.07. The van der Waals surface area contributed by atoms with Gasteiger partial charge in [-0.15, -0.1) is 17.9 Å². The molecule has 150 valence electrons. The van der Waals surface area contributed by atoms with Crippen LogP contribution in [0.15, 0.2) is 79.3 Å². The van der Waals surface area contributed by atoms with Crippen molar-refractivity contribution in [3.63, 3.8) is 0 Å². The molecule has 11 heteroatoms. The van der Waals surface area contributed by atoms with Crippen molar-refractivity contribution < 1.29 is 9.36 Å². The number of hydrogen-bond acceptors (Lipinski definition) is 6. The summed E-state index contributed by atoms with van der Waals surface area (Å²) in [6.45, 7) is 0.801. The molecule has 0 aliphatic rings. The van der Waals surface area contributed by atoms with Gasteiger partial charge in [-0.05, 0) is 22.6 Å². The summed E-state index contributed by atoms with van der Waals surface area (Å²) in [5.74, 6) is -0.207. The lowest BCUT2D eigenvalue weighted by Crippen LogP contribution is -2.33. The molecular formula is C18H21ClN9O+. The monoisotopic (exact) mass is 414 g/mol. The van der Waals surface area contributed by atoms with Crippen molar-refractivity contribution in [1.82, 2.24) is 11.1 Å². The molecule has 1 aromatic carbocycles. The lowest BCUT2D eigenvalue weighted by Gasteiger charge is -2.04. The van der Waals surface area contributed by atoms with Gasteiger partial charge in [-0.1, -0.05) is 36.4 Å². The number of halogens is 1. The van der Waals surface area contributed by atoms with Crippen LogP contribution >= 0.6 is 12.4 Å². The van der Waals surface area contributed by atoms with Crippen molar-refractivity contribution in [3.05, 3.63) is 101 Å². The van der Waals surface area contributed by atoms with Crippen LogP contribution in [0.25, 0.3) is 10.4 Å². The number of carbonyl (C=O) groups excluding carboxylic acids is 1. The Morgan fingerprint density at radius 3 is 2.14 bits per heavy atom. The van der Waals surface area contributed by atoms with Gasteiger partial charge in [0.05, 0.1) is 5.69 Å². The van der Waals surface area contributed by atoms with Gasteiger partial charge < -0.3 is 11.5 Å². The summed E-state index contributed by atoms with van der Waals surface area (Å²) >= 11 is 0. The van der Waals surface area contributed by atoms with E-state index in [9.17, 15) is 4.79 Å². The fourth-order valence-electron chi connectivity index (χ4n) is 2.13. The fourth-order valence-corrected chi connectivity index (χ4v) is 2.13. The minimum atomic E-state index is -0.207. The number of nitrogens with zero attached hydrogens (tertiary/aromatic N) is 6. The predicted molar refractivity (Wildman–Crippen MR) is 110 cm³/mol. The first-order valence-electron chi connectivity index (χ1n) is 7.69. The van der Waals surface area contributed by atoms with Crippen LogP contribution < -0.4 is 16.0 Å². The third-order valence-electron chi connectivity index (χ3n) is 3.25. The van der Waals surface area contributed by atoms with Gasteiger partial charge in [0.1, 0.15) is 5.69 Å². The summed E-state index contributed by atoms with van der Waals surface area (Å²) in [5.41, 5.74) is 14.6. The first kappa shape index (κ1) is 27.2. The smallest absolute Gasteiger partial charge is 0.274 e. The van der Waals surface area contributed by atoms with Crippen molar-refractivity contribution in [3.8, 4) is 0 Å². The molecule has 0 saturated heterocycles. The number of rotatable bonds is 4. The standard InChI is InChI=1S/C18H15N3O.ClH.HN3.N2.H3N/c22-18(17-8-4-5-11-19-17)20-16-9-12-21(13-10-16)14-15-6-2-1-3-7-15;;1-3-2;1-2;/h1-13H,14H2;1H;1H;;1H3/p+1. The average molecular weight is 415 g/mol. The summed E-state index contributed by atoms with van der Waals surface area (Å²) in [6.07, 6.45) is 5.50. The number of benzene rings is 1. The van der Waals surface area contributed by atoms with Gasteiger partial charge in [-0.2, -0.15) is 0 Å². The maximum Gasteiger partial charge on any atom is 0.274 e. The molecule has 2 aromatic heterocycles. The van der Waals surface area contributed by atoms with Crippen LogP contribution in [0.3, 0.4) is 0 Å². The molecule has 3 aromatic rings. The van der Waals surface area contributed by atoms with Crippen molar-refractivity contribution in [2.75, 3.05) is 5.32 Å². The molecule has 29 heavy (non-hydrogen) atoms. The summed E-state index contributed by atoms with van der Waals surface area (Å²) in [7, 11) is 0. The number of aromatic nitrogens is 2. The number of nitrogens with one attached hydrogen (secondary N) is 2. The predicted octanol–water partition coefficient (Wildman–Crippen LogP) is 4.16. The van der Waals surface area contributed by atoms with Gasteiger partial charge in [0.15, 0.2) is 18.9 Å². The Bertz CT molecular complexity index is 881. The molecule has 0 saturated carbocycles. The van der Waals surface area contributed by atoms with Gasteiger partial charge in [0.25, 0.3) is 5.91 Å². The zero-order chi connectivity index (χ0) is 19.9. The highest BCUT2D eigenvalue weighted by Gasteiger charge is 2.08. The summed E-state index contributed by atoms with van der Waals surface area (Å²) in [6, 6.07) is 19.3. The largest absolute Gasteiger partial charge is 0.344 e. The molecule has 1 amide bonds. The van der Waals surface area contributed by atoms with E-state index in [0.717, 1.165) is 12.2 Å². The zero-order valence-corrected chi connectivity index (χ0v) is 16.2. The molecule has 0 spiro atoms. The van der Waals surface area contributed by atoms with E-state index in [0.29, 0.717) is 5.69 Å². The van der Waals surface area contributed by atoms with Crippen molar-refractivity contribution in [1.29, 1.82) is 16.3 Å². The van der Waals surface area contributed by atoms with Gasteiger partial charge in [0.2, 0.25) is 0 Å². The Labute approximate surface area is 174 Å². The summed E-state index contributed by atoms with van der Waals surface area (Å²) < 4.78 is 2.06. The van der Waals surface area contributed by atoms with Gasteiger partial charge >= 0.3 is 0 Å². The molecule has 0 bridgehead atoms. The minimum Gasteiger partial charge on any atom is -0.344 e. The van der Waals surface area contributed by atoms with Crippen LogP contribution in [0.5, 0.6) is 0 Å². The van der Waals surface area contributed by atoms with Crippen molar-refractivity contribution in [2.45, 2.75) is 6.54 Å². The van der Waals surface area contributed by atoms with E-state index in [1.54, 1.807) is 29.3 Å². The Morgan fingerprint density at radius 2 is 1.62 bits per heavy atom. The van der Waals surface area contributed by atoms with E-state index in [1.165, 1.54) is 5.56 Å². The number of pyridine rings is 2. The maximum atomic E-state index is 12.0. The summed E-state index contributed by atoms with van der Waals surface area (Å²) in [4.78, 5) is 17.8. The van der Waals surface area contributed by atoms with Crippen LogP contribution in [-0.2, 0) is 6.54 Å². The molecule has 3 rings (SSSR count). The van der Waals surface area contributed by atoms with E-state index in [1.807, 2.05) is 42.7 Å². The van der Waals surface area contributed by atoms with E-state index in [-0.39, 0.29) is 24.5 Å². The summed E-state index contributed by atoms with van der Waals surface area (Å²) in [5, 5.41) is 14.8. The first-order chi connectivity index (χ1) is 13.2. The second-order valence-electron chi connectivity index (χ2n) is 5.01. The van der Waals surface area contributed by atoms with Crippen molar-refractivity contribution >= 4 is 24.0 Å². The van der Waals surface area contributed by atoms with E-state index >= 15 is 0 Å². The van der Waals surface area contributed by atoms with Crippen LogP contribution in [0, 0.1) is 16.3 Å². The van der Waals surface area contributed by atoms with E-state index in [4.69, 9.17) is 21.8 Å². The Morgan fingerprint density at radius 1 is 1.07 bits per heavy atom. The average Bonchev–Trinajstić information content (AvgIpc) is 2.73. The number of carbonyl (C=O) groups is 1. The lowest BCUT2D eigenvalue weighted by molar-refractivity contribution is -0.688. The Hall–Kier alpha value is -4.03. The Balaban J connectivity index is 0. The molecule has 2 heterocycles. The topological polar surface area (TPSA) is 189 Å². The highest BCUT2D eigenvalue weighted by Crippen LogP contribution is 2.06. The third kappa shape index (κ3) is 10.0. The number of hydrogen-bond donors (Lipinski definition) is 3. The van der Waals surface area contributed by atoms with E-state index < -0.39 is 0 Å². The molecule has 0 radical (unpaired) electrons. The molecule has 0 aliphatic carbocycles. The second-order valence-corrected chi connectivity index (χ2v) is 5.01. The number of anilines is 1. The quantitative estimate of drug-likeness (QED) is 0.189. The fraction of sp³-hybridized carbons (Fsp3) is 0.0556. The number of amides is 1. The van der Waals surface area contributed by atoms with E-state index in [2.05, 4.69) is 27.0 Å². The Kier molecular flexibility index (Phi) is 15.2. The van der Waals surface area contributed by atoms with Crippen LogP contribution in [-0.4, -0.2) is 10.9 Å². The molecular weight excluding hydrogens is 394 g/mol. The first-order valence-corrected chi connectivity index (χ1v) is 7.69. The molecule has 0 aliphatic heterocycles.